The van der Waals surface area contributed by atoms with E-state index < -0.39 is 11.6 Å². The Hall–Kier alpha value is -0.960. The predicted molar refractivity (Wildman–Crippen MR) is 44.3 cm³/mol. The third-order valence-corrected chi connectivity index (χ3v) is 2.24. The van der Waals surface area contributed by atoms with E-state index in [9.17, 15) is 8.78 Å². The topological polar surface area (TPSA) is 9.23 Å². The minimum Gasteiger partial charge on any atom is -0.373 e. The monoisotopic (exact) mass is 184 g/mol. The van der Waals surface area contributed by atoms with Gasteiger partial charge in [0.2, 0.25) is 0 Å². The molecular weight excluding hydrogens is 174 g/mol. The molecule has 1 heterocycles. The van der Waals surface area contributed by atoms with Crippen LogP contribution in [0.2, 0.25) is 0 Å². The summed E-state index contributed by atoms with van der Waals surface area (Å²) in [4.78, 5) is 0. The van der Waals surface area contributed by atoms with Gasteiger partial charge in [0.1, 0.15) is 11.6 Å². The first-order valence-electron chi connectivity index (χ1n) is 4.34. The maximum atomic E-state index is 13.2. The smallest absolute Gasteiger partial charge is 0.131 e. The number of rotatable bonds is 1. The zero-order valence-corrected chi connectivity index (χ0v) is 7.09. The molecule has 0 radical (unpaired) electrons. The van der Waals surface area contributed by atoms with E-state index >= 15 is 0 Å². The molecule has 0 amide bonds. The van der Waals surface area contributed by atoms with Crippen molar-refractivity contribution in [1.82, 2.24) is 0 Å². The third-order valence-electron chi connectivity index (χ3n) is 2.24. The van der Waals surface area contributed by atoms with Crippen LogP contribution in [-0.4, -0.2) is 6.61 Å². The number of halogens is 2. The lowest BCUT2D eigenvalue weighted by atomic mass is 10.1. The van der Waals surface area contributed by atoms with E-state index in [1.807, 2.05) is 0 Å². The van der Waals surface area contributed by atoms with Crippen LogP contribution in [0.5, 0.6) is 0 Å². The Morgan fingerprint density at radius 2 is 2.15 bits per heavy atom. The molecule has 3 heteroatoms. The first-order valence-corrected chi connectivity index (χ1v) is 4.34. The Morgan fingerprint density at radius 3 is 2.77 bits per heavy atom. The maximum absolute atomic E-state index is 13.2. The highest BCUT2D eigenvalue weighted by atomic mass is 19.1. The van der Waals surface area contributed by atoms with Crippen molar-refractivity contribution in [1.29, 1.82) is 0 Å². The van der Waals surface area contributed by atoms with Gasteiger partial charge in [0, 0.05) is 18.2 Å². The molecule has 0 N–H and O–H groups in total. The average Bonchev–Trinajstić information content (AvgIpc) is 2.56. The summed E-state index contributed by atoms with van der Waals surface area (Å²) in [6.45, 7) is 0.668. The summed E-state index contributed by atoms with van der Waals surface area (Å²) in [5, 5.41) is 0. The van der Waals surface area contributed by atoms with Crippen LogP contribution < -0.4 is 0 Å². The lowest BCUT2D eigenvalue weighted by Crippen LogP contribution is -1.99. The molecule has 1 aliphatic rings. The third kappa shape index (κ3) is 1.70. The Bertz CT molecular complexity index is 306. The highest BCUT2D eigenvalue weighted by Gasteiger charge is 2.20. The molecule has 0 saturated carbocycles. The van der Waals surface area contributed by atoms with Gasteiger partial charge in [0.15, 0.2) is 0 Å². The molecule has 2 rings (SSSR count). The molecule has 0 bridgehead atoms. The molecule has 13 heavy (non-hydrogen) atoms. The minimum absolute atomic E-state index is 0.180. The number of hydrogen-bond acceptors (Lipinski definition) is 1. The molecule has 70 valence electrons. The second-order valence-electron chi connectivity index (χ2n) is 3.17. The molecule has 0 aromatic heterocycles. The van der Waals surface area contributed by atoms with Gasteiger partial charge in [-0.1, -0.05) is 6.07 Å². The Morgan fingerprint density at radius 1 is 1.31 bits per heavy atom. The molecule has 0 aliphatic carbocycles. The van der Waals surface area contributed by atoms with Crippen molar-refractivity contribution >= 4 is 0 Å². The Labute approximate surface area is 75.3 Å². The minimum atomic E-state index is -0.542. The fourth-order valence-electron chi connectivity index (χ4n) is 1.59. The number of ether oxygens (including phenoxy) is 1. The van der Waals surface area contributed by atoms with Gasteiger partial charge < -0.3 is 4.74 Å². The molecule has 1 unspecified atom stereocenters. The Balaban J connectivity index is 2.29. The standard InChI is InChI=1S/C10H10F2O/c11-7-3-4-8(9(12)6-7)10-2-1-5-13-10/h3-4,6,10H,1-2,5H2. The van der Waals surface area contributed by atoms with E-state index in [4.69, 9.17) is 4.74 Å². The molecule has 1 aromatic carbocycles. The van der Waals surface area contributed by atoms with Gasteiger partial charge >= 0.3 is 0 Å². The van der Waals surface area contributed by atoms with E-state index in [1.165, 1.54) is 12.1 Å². The Kier molecular flexibility index (Phi) is 2.27. The zero-order chi connectivity index (χ0) is 9.26. The lowest BCUT2D eigenvalue weighted by Gasteiger charge is -2.10. The van der Waals surface area contributed by atoms with Crippen LogP contribution in [-0.2, 0) is 4.74 Å². The summed E-state index contributed by atoms with van der Waals surface area (Å²) >= 11 is 0. The molecule has 1 atom stereocenters. The highest BCUT2D eigenvalue weighted by molar-refractivity contribution is 5.21. The van der Waals surface area contributed by atoms with Gasteiger partial charge in [-0.25, -0.2) is 8.78 Å². The maximum Gasteiger partial charge on any atom is 0.131 e. The van der Waals surface area contributed by atoms with Crippen molar-refractivity contribution in [3.05, 3.63) is 35.4 Å². The second-order valence-corrected chi connectivity index (χ2v) is 3.17. The summed E-state index contributed by atoms with van der Waals surface area (Å²) in [5.74, 6) is -1.05. The van der Waals surface area contributed by atoms with Gasteiger partial charge in [-0.15, -0.1) is 0 Å². The van der Waals surface area contributed by atoms with E-state index in [0.717, 1.165) is 18.9 Å². The van der Waals surface area contributed by atoms with Crippen LogP contribution >= 0.6 is 0 Å². The van der Waals surface area contributed by atoms with E-state index in [0.29, 0.717) is 12.2 Å². The summed E-state index contributed by atoms with van der Waals surface area (Å²) in [6, 6.07) is 3.62. The van der Waals surface area contributed by atoms with Crippen molar-refractivity contribution in [2.75, 3.05) is 6.61 Å². The fraction of sp³-hybridized carbons (Fsp3) is 0.400. The molecule has 1 aromatic rings. The van der Waals surface area contributed by atoms with Crippen LogP contribution in [0, 0.1) is 11.6 Å². The van der Waals surface area contributed by atoms with Gasteiger partial charge in [-0.3, -0.25) is 0 Å². The van der Waals surface area contributed by atoms with Gasteiger partial charge in [-0.2, -0.15) is 0 Å². The van der Waals surface area contributed by atoms with Gasteiger partial charge in [0.25, 0.3) is 0 Å². The van der Waals surface area contributed by atoms with Crippen LogP contribution in [0.1, 0.15) is 24.5 Å². The summed E-state index contributed by atoms with van der Waals surface area (Å²) in [6.07, 6.45) is 1.59. The van der Waals surface area contributed by atoms with Crippen LogP contribution in [0.15, 0.2) is 18.2 Å². The van der Waals surface area contributed by atoms with Crippen LogP contribution in [0.25, 0.3) is 0 Å². The normalized spacial score (nSPS) is 22.2. The van der Waals surface area contributed by atoms with Crippen molar-refractivity contribution in [2.24, 2.45) is 0 Å². The van der Waals surface area contributed by atoms with E-state index in [1.54, 1.807) is 0 Å². The number of hydrogen-bond donors (Lipinski definition) is 0. The number of benzene rings is 1. The molecule has 1 nitrogen and oxygen atoms in total. The molecule has 1 aliphatic heterocycles. The van der Waals surface area contributed by atoms with Crippen LogP contribution in [0.4, 0.5) is 8.78 Å². The highest BCUT2D eigenvalue weighted by Crippen LogP contribution is 2.30. The molecular formula is C10H10F2O. The van der Waals surface area contributed by atoms with Crippen molar-refractivity contribution < 1.29 is 13.5 Å². The fourth-order valence-corrected chi connectivity index (χ4v) is 1.59. The average molecular weight is 184 g/mol. The second kappa shape index (κ2) is 3.42. The van der Waals surface area contributed by atoms with E-state index in [2.05, 4.69) is 0 Å². The quantitative estimate of drug-likeness (QED) is 0.652. The summed E-state index contributed by atoms with van der Waals surface area (Å²) in [7, 11) is 0. The van der Waals surface area contributed by atoms with Crippen molar-refractivity contribution in [3.63, 3.8) is 0 Å². The lowest BCUT2D eigenvalue weighted by molar-refractivity contribution is 0.109. The predicted octanol–water partition coefficient (Wildman–Crippen LogP) is 2.82. The van der Waals surface area contributed by atoms with Gasteiger partial charge in [0.05, 0.1) is 6.10 Å². The van der Waals surface area contributed by atoms with Crippen LogP contribution in [0.3, 0.4) is 0 Å². The van der Waals surface area contributed by atoms with Crippen molar-refractivity contribution in [2.45, 2.75) is 18.9 Å². The first-order chi connectivity index (χ1) is 6.27. The first kappa shape index (κ1) is 8.63. The zero-order valence-electron chi connectivity index (χ0n) is 7.09. The summed E-state index contributed by atoms with van der Waals surface area (Å²) < 4.78 is 31.0. The largest absolute Gasteiger partial charge is 0.373 e. The van der Waals surface area contributed by atoms with Gasteiger partial charge in [-0.05, 0) is 18.9 Å². The van der Waals surface area contributed by atoms with Crippen molar-refractivity contribution in [3.8, 4) is 0 Å². The molecule has 1 fully saturated rings. The molecule has 0 spiro atoms. The summed E-state index contributed by atoms with van der Waals surface area (Å²) in [5.41, 5.74) is 0.471. The SMILES string of the molecule is Fc1ccc(C2CCCO2)c(F)c1. The van der Waals surface area contributed by atoms with E-state index in [-0.39, 0.29) is 6.10 Å². The molecule has 1 saturated heterocycles.